The molecular weight excluding hydrogens is 198 g/mol. The normalized spacial score (nSPS) is 23.4. The predicted molar refractivity (Wildman–Crippen MR) is 69.8 cm³/mol. The molecule has 0 aromatic rings. The number of ether oxygens (including phenoxy) is 1. The van der Waals surface area contributed by atoms with E-state index in [0.717, 1.165) is 19.1 Å². The minimum atomic E-state index is 0.686. The maximum absolute atomic E-state index is 5.59. The lowest BCUT2D eigenvalue weighted by molar-refractivity contribution is 0.0842. The largest absolute Gasteiger partial charge is 0.381 e. The van der Waals surface area contributed by atoms with E-state index in [2.05, 4.69) is 25.7 Å². The van der Waals surface area contributed by atoms with Gasteiger partial charge in [0, 0.05) is 25.8 Å². The molecule has 0 aliphatic carbocycles. The summed E-state index contributed by atoms with van der Waals surface area (Å²) in [6.07, 6.45) is 6.53. The number of hydrogen-bond acceptors (Lipinski definition) is 2. The van der Waals surface area contributed by atoms with E-state index >= 15 is 0 Å². The van der Waals surface area contributed by atoms with Crippen molar-refractivity contribution in [2.24, 2.45) is 5.92 Å². The van der Waals surface area contributed by atoms with Crippen LogP contribution in [-0.4, -0.2) is 37.2 Å². The molecule has 1 aliphatic heterocycles. The van der Waals surface area contributed by atoms with Gasteiger partial charge < -0.3 is 9.64 Å². The summed E-state index contributed by atoms with van der Waals surface area (Å²) in [7, 11) is 0. The summed E-state index contributed by atoms with van der Waals surface area (Å²) >= 11 is 0. The Bertz CT molecular complexity index is 162. The first kappa shape index (κ1) is 14.0. The molecule has 1 aliphatic rings. The van der Waals surface area contributed by atoms with Crippen molar-refractivity contribution >= 4 is 0 Å². The van der Waals surface area contributed by atoms with Gasteiger partial charge in [-0.3, -0.25) is 0 Å². The van der Waals surface area contributed by atoms with Crippen LogP contribution in [0.15, 0.2) is 0 Å². The minimum absolute atomic E-state index is 0.686. The highest BCUT2D eigenvalue weighted by Crippen LogP contribution is 2.18. The molecule has 1 fully saturated rings. The standard InChI is InChI=1S/C14H29NO/c1-4-9-15(13(2)3)12-14-7-5-6-10-16-11-8-14/h13-14H,4-12H2,1-3H3. The van der Waals surface area contributed by atoms with Crippen LogP contribution >= 0.6 is 0 Å². The fourth-order valence-corrected chi connectivity index (χ4v) is 2.50. The van der Waals surface area contributed by atoms with Crippen molar-refractivity contribution < 1.29 is 4.74 Å². The third-order valence-electron chi connectivity index (χ3n) is 3.56. The van der Waals surface area contributed by atoms with Crippen molar-refractivity contribution in [3.8, 4) is 0 Å². The van der Waals surface area contributed by atoms with E-state index in [1.165, 1.54) is 45.2 Å². The van der Waals surface area contributed by atoms with Gasteiger partial charge in [0.2, 0.25) is 0 Å². The molecule has 2 nitrogen and oxygen atoms in total. The van der Waals surface area contributed by atoms with Crippen LogP contribution in [0.1, 0.15) is 52.9 Å². The fourth-order valence-electron chi connectivity index (χ4n) is 2.50. The lowest BCUT2D eigenvalue weighted by atomic mass is 9.96. The van der Waals surface area contributed by atoms with Gasteiger partial charge in [0.15, 0.2) is 0 Å². The summed E-state index contributed by atoms with van der Waals surface area (Å²) in [5.41, 5.74) is 0. The van der Waals surface area contributed by atoms with Crippen LogP contribution in [0.5, 0.6) is 0 Å². The molecule has 0 aromatic carbocycles. The summed E-state index contributed by atoms with van der Waals surface area (Å²) in [6, 6.07) is 0.686. The first-order valence-corrected chi connectivity index (χ1v) is 7.05. The van der Waals surface area contributed by atoms with Gasteiger partial charge in [-0.15, -0.1) is 0 Å². The van der Waals surface area contributed by atoms with Gasteiger partial charge in [0.25, 0.3) is 0 Å². The molecule has 0 saturated carbocycles. The van der Waals surface area contributed by atoms with Crippen LogP contribution in [0.3, 0.4) is 0 Å². The summed E-state index contributed by atoms with van der Waals surface area (Å²) in [5.74, 6) is 0.856. The van der Waals surface area contributed by atoms with Crippen molar-refractivity contribution in [3.63, 3.8) is 0 Å². The van der Waals surface area contributed by atoms with E-state index < -0.39 is 0 Å². The molecule has 1 heterocycles. The molecule has 16 heavy (non-hydrogen) atoms. The number of nitrogens with zero attached hydrogens (tertiary/aromatic N) is 1. The highest BCUT2D eigenvalue weighted by atomic mass is 16.5. The van der Waals surface area contributed by atoms with Gasteiger partial charge in [0.1, 0.15) is 0 Å². The average molecular weight is 227 g/mol. The van der Waals surface area contributed by atoms with Crippen LogP contribution in [0.2, 0.25) is 0 Å². The Kier molecular flexibility index (Phi) is 7.06. The SMILES string of the molecule is CCCN(CC1CCCCOCC1)C(C)C. The molecule has 1 rings (SSSR count). The molecule has 0 N–H and O–H groups in total. The predicted octanol–water partition coefficient (Wildman–Crippen LogP) is 3.31. The van der Waals surface area contributed by atoms with Crippen LogP contribution < -0.4 is 0 Å². The molecule has 1 unspecified atom stereocenters. The summed E-state index contributed by atoms with van der Waals surface area (Å²) in [6.45, 7) is 11.4. The molecule has 0 aromatic heterocycles. The molecular formula is C14H29NO. The molecule has 0 radical (unpaired) electrons. The van der Waals surface area contributed by atoms with Crippen molar-refractivity contribution in [1.82, 2.24) is 4.90 Å². The lowest BCUT2D eigenvalue weighted by Crippen LogP contribution is -2.36. The van der Waals surface area contributed by atoms with Gasteiger partial charge in [-0.2, -0.15) is 0 Å². The Morgan fingerprint density at radius 3 is 2.69 bits per heavy atom. The third-order valence-corrected chi connectivity index (χ3v) is 3.56. The third kappa shape index (κ3) is 5.31. The highest BCUT2D eigenvalue weighted by molar-refractivity contribution is 4.70. The minimum Gasteiger partial charge on any atom is -0.381 e. The van der Waals surface area contributed by atoms with Crippen LogP contribution in [-0.2, 0) is 4.74 Å². The Morgan fingerprint density at radius 1 is 1.19 bits per heavy atom. The molecule has 96 valence electrons. The van der Waals surface area contributed by atoms with Crippen LogP contribution in [0.4, 0.5) is 0 Å². The van der Waals surface area contributed by atoms with Crippen molar-refractivity contribution in [2.45, 2.75) is 58.9 Å². The summed E-state index contributed by atoms with van der Waals surface area (Å²) in [5, 5.41) is 0. The number of rotatable bonds is 5. The maximum atomic E-state index is 5.59. The maximum Gasteiger partial charge on any atom is 0.0469 e. The fraction of sp³-hybridized carbons (Fsp3) is 1.00. The van der Waals surface area contributed by atoms with Crippen LogP contribution in [0, 0.1) is 5.92 Å². The molecule has 0 bridgehead atoms. The first-order valence-electron chi connectivity index (χ1n) is 7.05. The molecule has 1 atom stereocenters. The van der Waals surface area contributed by atoms with Crippen LogP contribution in [0.25, 0.3) is 0 Å². The Hall–Kier alpha value is -0.0800. The lowest BCUT2D eigenvalue weighted by Gasteiger charge is -2.31. The molecule has 2 heteroatoms. The van der Waals surface area contributed by atoms with E-state index in [1.54, 1.807) is 0 Å². The average Bonchev–Trinajstić information content (AvgIpc) is 2.20. The van der Waals surface area contributed by atoms with Gasteiger partial charge in [0.05, 0.1) is 0 Å². The Balaban J connectivity index is 2.35. The second kappa shape index (κ2) is 8.08. The zero-order valence-corrected chi connectivity index (χ0v) is 11.4. The smallest absolute Gasteiger partial charge is 0.0469 e. The summed E-state index contributed by atoms with van der Waals surface area (Å²) < 4.78 is 5.59. The quantitative estimate of drug-likeness (QED) is 0.714. The zero-order valence-electron chi connectivity index (χ0n) is 11.4. The molecule has 0 spiro atoms. The van der Waals surface area contributed by atoms with Gasteiger partial charge in [-0.1, -0.05) is 13.3 Å². The Labute approximate surface area is 101 Å². The topological polar surface area (TPSA) is 12.5 Å². The van der Waals surface area contributed by atoms with Crippen molar-refractivity contribution in [3.05, 3.63) is 0 Å². The highest BCUT2D eigenvalue weighted by Gasteiger charge is 2.17. The van der Waals surface area contributed by atoms with Gasteiger partial charge >= 0.3 is 0 Å². The van der Waals surface area contributed by atoms with E-state index in [4.69, 9.17) is 4.74 Å². The van der Waals surface area contributed by atoms with Crippen molar-refractivity contribution in [1.29, 1.82) is 0 Å². The molecule has 1 saturated heterocycles. The van der Waals surface area contributed by atoms with E-state index in [-0.39, 0.29) is 0 Å². The van der Waals surface area contributed by atoms with E-state index in [0.29, 0.717) is 6.04 Å². The molecule has 0 amide bonds. The first-order chi connectivity index (χ1) is 7.74. The van der Waals surface area contributed by atoms with Gasteiger partial charge in [-0.25, -0.2) is 0 Å². The monoisotopic (exact) mass is 227 g/mol. The van der Waals surface area contributed by atoms with Crippen molar-refractivity contribution in [2.75, 3.05) is 26.3 Å². The Morgan fingerprint density at radius 2 is 2.00 bits per heavy atom. The van der Waals surface area contributed by atoms with Gasteiger partial charge in [-0.05, 0) is 52.0 Å². The van der Waals surface area contributed by atoms with E-state index in [1.807, 2.05) is 0 Å². The summed E-state index contributed by atoms with van der Waals surface area (Å²) in [4.78, 5) is 2.63. The second-order valence-corrected chi connectivity index (χ2v) is 5.35. The number of hydrogen-bond donors (Lipinski definition) is 0. The zero-order chi connectivity index (χ0) is 11.8. The second-order valence-electron chi connectivity index (χ2n) is 5.35. The van der Waals surface area contributed by atoms with E-state index in [9.17, 15) is 0 Å².